The Balaban J connectivity index is 1.77. The molecule has 3 rings (SSSR count). The monoisotopic (exact) mass is 317 g/mol. The molecule has 0 radical (unpaired) electrons. The van der Waals surface area contributed by atoms with E-state index >= 15 is 0 Å². The van der Waals surface area contributed by atoms with E-state index < -0.39 is 0 Å². The second kappa shape index (κ2) is 5.88. The Kier molecular flexibility index (Phi) is 3.93. The minimum absolute atomic E-state index is 0.141. The van der Waals surface area contributed by atoms with Crippen LogP contribution in [0.25, 0.3) is 0 Å². The summed E-state index contributed by atoms with van der Waals surface area (Å²) in [7, 11) is 0. The smallest absolute Gasteiger partial charge is 0.254 e. The number of carbonyl (C=O) groups is 1. The Morgan fingerprint density at radius 1 is 1.36 bits per heavy atom. The summed E-state index contributed by atoms with van der Waals surface area (Å²) < 4.78 is 1.53. The van der Waals surface area contributed by atoms with Crippen molar-refractivity contribution < 1.29 is 4.79 Å². The van der Waals surface area contributed by atoms with E-state index in [0.717, 1.165) is 11.4 Å². The third-order valence-electron chi connectivity index (χ3n) is 3.30. The fourth-order valence-electron chi connectivity index (χ4n) is 2.30. The van der Waals surface area contributed by atoms with E-state index in [0.29, 0.717) is 23.4 Å². The largest absolute Gasteiger partial charge is 0.294 e. The Morgan fingerprint density at radius 2 is 2.09 bits per heavy atom. The van der Waals surface area contributed by atoms with Crippen molar-refractivity contribution in [2.45, 2.75) is 25.5 Å². The SMILES string of the molecule is Cc1cc(C)nc(NC(=O)C2CSc3nccc(=O)n3C2)n1. The molecule has 0 saturated heterocycles. The van der Waals surface area contributed by atoms with Crippen LogP contribution in [-0.2, 0) is 11.3 Å². The predicted molar refractivity (Wildman–Crippen MR) is 82.8 cm³/mol. The maximum Gasteiger partial charge on any atom is 0.254 e. The molecule has 0 saturated carbocycles. The average molecular weight is 317 g/mol. The molecule has 8 heteroatoms. The molecule has 0 aliphatic carbocycles. The lowest BCUT2D eigenvalue weighted by molar-refractivity contribution is -0.119. The van der Waals surface area contributed by atoms with Crippen molar-refractivity contribution >= 4 is 23.6 Å². The zero-order valence-electron chi connectivity index (χ0n) is 12.2. The van der Waals surface area contributed by atoms with Gasteiger partial charge in [-0.2, -0.15) is 0 Å². The van der Waals surface area contributed by atoms with E-state index in [4.69, 9.17) is 0 Å². The van der Waals surface area contributed by atoms with Crippen molar-refractivity contribution in [2.24, 2.45) is 5.92 Å². The molecule has 1 amide bonds. The fraction of sp³-hybridized carbons (Fsp3) is 0.357. The van der Waals surface area contributed by atoms with E-state index in [2.05, 4.69) is 20.3 Å². The van der Waals surface area contributed by atoms with E-state index in [1.807, 2.05) is 19.9 Å². The molecule has 0 fully saturated rings. The average Bonchev–Trinajstić information content (AvgIpc) is 2.46. The van der Waals surface area contributed by atoms with Gasteiger partial charge < -0.3 is 0 Å². The number of hydrogen-bond donors (Lipinski definition) is 1. The molecular formula is C14H15N5O2S. The molecule has 7 nitrogen and oxygen atoms in total. The van der Waals surface area contributed by atoms with Crippen LogP contribution < -0.4 is 10.9 Å². The maximum absolute atomic E-state index is 12.4. The minimum atomic E-state index is -0.316. The number of aryl methyl sites for hydroxylation is 2. The van der Waals surface area contributed by atoms with Crippen LogP contribution in [0.3, 0.4) is 0 Å². The lowest BCUT2D eigenvalue weighted by Crippen LogP contribution is -2.36. The molecule has 1 atom stereocenters. The van der Waals surface area contributed by atoms with Gasteiger partial charge in [0.25, 0.3) is 5.56 Å². The standard InChI is InChI=1S/C14H15N5O2S/c1-8-5-9(2)17-13(16-8)18-12(21)10-6-19-11(20)3-4-15-14(19)22-7-10/h3-5,10H,6-7H2,1-2H3,(H,16,17,18,21). The quantitative estimate of drug-likeness (QED) is 0.832. The van der Waals surface area contributed by atoms with Crippen LogP contribution in [-0.4, -0.2) is 31.2 Å². The summed E-state index contributed by atoms with van der Waals surface area (Å²) in [6, 6.07) is 3.24. The molecular weight excluding hydrogens is 302 g/mol. The van der Waals surface area contributed by atoms with Gasteiger partial charge in [-0.15, -0.1) is 0 Å². The highest BCUT2D eigenvalue weighted by Crippen LogP contribution is 2.25. The summed E-state index contributed by atoms with van der Waals surface area (Å²) in [5.41, 5.74) is 1.45. The highest BCUT2D eigenvalue weighted by molar-refractivity contribution is 7.99. The second-order valence-corrected chi connectivity index (χ2v) is 6.13. The van der Waals surface area contributed by atoms with Crippen LogP contribution in [0.4, 0.5) is 5.95 Å². The fourth-order valence-corrected chi connectivity index (χ4v) is 3.37. The number of amides is 1. The van der Waals surface area contributed by atoms with Crippen LogP contribution in [0.5, 0.6) is 0 Å². The first kappa shape index (κ1) is 14.7. The minimum Gasteiger partial charge on any atom is -0.294 e. The maximum atomic E-state index is 12.4. The molecule has 1 N–H and O–H groups in total. The van der Waals surface area contributed by atoms with Gasteiger partial charge in [-0.25, -0.2) is 15.0 Å². The number of hydrogen-bond acceptors (Lipinski definition) is 6. The first-order valence-electron chi connectivity index (χ1n) is 6.85. The summed E-state index contributed by atoms with van der Waals surface area (Å²) in [4.78, 5) is 36.8. The van der Waals surface area contributed by atoms with Gasteiger partial charge in [0.1, 0.15) is 0 Å². The van der Waals surface area contributed by atoms with Gasteiger partial charge in [-0.05, 0) is 19.9 Å². The van der Waals surface area contributed by atoms with Crippen molar-refractivity contribution in [1.82, 2.24) is 19.5 Å². The Morgan fingerprint density at radius 3 is 2.82 bits per heavy atom. The first-order valence-corrected chi connectivity index (χ1v) is 7.83. The number of aromatic nitrogens is 4. The van der Waals surface area contributed by atoms with E-state index in [1.54, 1.807) is 0 Å². The Bertz CT molecular complexity index is 769. The lowest BCUT2D eigenvalue weighted by Gasteiger charge is -2.23. The van der Waals surface area contributed by atoms with Crippen molar-refractivity contribution in [3.8, 4) is 0 Å². The van der Waals surface area contributed by atoms with E-state index in [1.165, 1.54) is 28.6 Å². The van der Waals surface area contributed by atoms with Crippen molar-refractivity contribution in [3.63, 3.8) is 0 Å². The number of fused-ring (bicyclic) bond motifs is 1. The topological polar surface area (TPSA) is 89.8 Å². The van der Waals surface area contributed by atoms with Gasteiger partial charge >= 0.3 is 0 Å². The van der Waals surface area contributed by atoms with Gasteiger partial charge in [0.05, 0.1) is 5.92 Å². The zero-order chi connectivity index (χ0) is 15.7. The lowest BCUT2D eigenvalue weighted by atomic mass is 10.1. The highest BCUT2D eigenvalue weighted by atomic mass is 32.2. The van der Waals surface area contributed by atoms with Gasteiger partial charge in [0.15, 0.2) is 5.16 Å². The van der Waals surface area contributed by atoms with Crippen LogP contribution >= 0.6 is 11.8 Å². The Hall–Kier alpha value is -2.22. The number of nitrogens with one attached hydrogen (secondary N) is 1. The molecule has 114 valence electrons. The molecule has 0 aromatic carbocycles. The summed E-state index contributed by atoms with van der Waals surface area (Å²) in [5.74, 6) is 0.382. The number of thioether (sulfide) groups is 1. The molecule has 1 aliphatic rings. The van der Waals surface area contributed by atoms with Gasteiger partial charge in [-0.3, -0.25) is 19.5 Å². The molecule has 1 aliphatic heterocycles. The van der Waals surface area contributed by atoms with Crippen LogP contribution in [0, 0.1) is 19.8 Å². The Labute approximate surface area is 131 Å². The predicted octanol–water partition coefficient (Wildman–Crippen LogP) is 1.01. The molecule has 1 unspecified atom stereocenters. The van der Waals surface area contributed by atoms with Gasteiger partial charge in [-0.1, -0.05) is 11.8 Å². The third-order valence-corrected chi connectivity index (χ3v) is 4.46. The molecule has 0 spiro atoms. The molecule has 2 aromatic heterocycles. The van der Waals surface area contributed by atoms with Gasteiger partial charge in [0, 0.05) is 35.9 Å². The van der Waals surface area contributed by atoms with Crippen molar-refractivity contribution in [3.05, 3.63) is 40.1 Å². The van der Waals surface area contributed by atoms with Gasteiger partial charge in [0.2, 0.25) is 11.9 Å². The molecule has 3 heterocycles. The number of carbonyl (C=O) groups excluding carboxylic acids is 1. The normalized spacial score (nSPS) is 16.9. The summed E-state index contributed by atoms with van der Waals surface area (Å²) >= 11 is 1.41. The van der Waals surface area contributed by atoms with E-state index in [-0.39, 0.29) is 17.4 Å². The molecule has 22 heavy (non-hydrogen) atoms. The summed E-state index contributed by atoms with van der Waals surface area (Å²) in [6.07, 6.45) is 1.49. The second-order valence-electron chi connectivity index (χ2n) is 5.15. The number of nitrogens with zero attached hydrogens (tertiary/aromatic N) is 4. The third kappa shape index (κ3) is 3.01. The van der Waals surface area contributed by atoms with Crippen LogP contribution in [0.15, 0.2) is 28.3 Å². The van der Waals surface area contributed by atoms with Crippen molar-refractivity contribution in [2.75, 3.05) is 11.1 Å². The number of rotatable bonds is 2. The van der Waals surface area contributed by atoms with Crippen LogP contribution in [0.2, 0.25) is 0 Å². The van der Waals surface area contributed by atoms with E-state index in [9.17, 15) is 9.59 Å². The highest BCUT2D eigenvalue weighted by Gasteiger charge is 2.27. The summed E-state index contributed by atoms with van der Waals surface area (Å²) in [6.45, 7) is 4.02. The van der Waals surface area contributed by atoms with Crippen molar-refractivity contribution in [1.29, 1.82) is 0 Å². The summed E-state index contributed by atoms with van der Waals surface area (Å²) in [5, 5.41) is 3.39. The molecule has 2 aromatic rings. The number of anilines is 1. The van der Waals surface area contributed by atoms with Crippen LogP contribution in [0.1, 0.15) is 11.4 Å². The molecule has 0 bridgehead atoms. The first-order chi connectivity index (χ1) is 10.5. The zero-order valence-corrected chi connectivity index (χ0v) is 13.1.